The number of nitrogens with zero attached hydrogens (tertiary/aromatic N) is 4. The summed E-state index contributed by atoms with van der Waals surface area (Å²) in [5, 5.41) is 20.3. The van der Waals surface area contributed by atoms with Crippen LogP contribution in [0.3, 0.4) is 0 Å². The predicted octanol–water partition coefficient (Wildman–Crippen LogP) is -0.797. The Morgan fingerprint density at radius 1 is 1.48 bits per heavy atom. The minimum Gasteiger partial charge on any atom is -0.358 e. The van der Waals surface area contributed by atoms with Gasteiger partial charge >= 0.3 is 5.82 Å². The zero-order valence-corrected chi connectivity index (χ0v) is 11.8. The van der Waals surface area contributed by atoms with Crippen molar-refractivity contribution in [2.75, 3.05) is 39.3 Å². The Kier molecular flexibility index (Phi) is 5.64. The van der Waals surface area contributed by atoms with Gasteiger partial charge in [-0.1, -0.05) is 0 Å². The average molecular weight is 296 g/mol. The van der Waals surface area contributed by atoms with Crippen LogP contribution in [0.1, 0.15) is 6.42 Å². The fourth-order valence-corrected chi connectivity index (χ4v) is 2.20. The Bertz CT molecular complexity index is 483. The lowest BCUT2D eigenvalue weighted by Crippen LogP contribution is -2.44. The van der Waals surface area contributed by atoms with Gasteiger partial charge in [-0.05, 0) is 17.9 Å². The Hall–Kier alpha value is -2.00. The second-order valence-electron chi connectivity index (χ2n) is 4.92. The maximum absolute atomic E-state index is 11.7. The summed E-state index contributed by atoms with van der Waals surface area (Å²) in [6.45, 7) is 5.70. The molecule has 1 aromatic heterocycles. The van der Waals surface area contributed by atoms with E-state index in [1.807, 2.05) is 0 Å². The number of hydrogen-bond acceptors (Lipinski definition) is 6. The third-order valence-electron chi connectivity index (χ3n) is 3.30. The smallest absolute Gasteiger partial charge is 0.358 e. The van der Waals surface area contributed by atoms with Crippen molar-refractivity contribution in [2.45, 2.75) is 13.0 Å². The number of piperazine rings is 1. The van der Waals surface area contributed by atoms with Gasteiger partial charge in [0.1, 0.15) is 6.54 Å². The van der Waals surface area contributed by atoms with E-state index in [4.69, 9.17) is 0 Å². The van der Waals surface area contributed by atoms with Gasteiger partial charge in [-0.15, -0.1) is 0 Å². The fourth-order valence-electron chi connectivity index (χ4n) is 2.20. The molecule has 0 aromatic carbocycles. The lowest BCUT2D eigenvalue weighted by molar-refractivity contribution is -0.389. The van der Waals surface area contributed by atoms with Crippen molar-refractivity contribution in [3.63, 3.8) is 0 Å². The van der Waals surface area contributed by atoms with Gasteiger partial charge in [-0.2, -0.15) is 4.68 Å². The maximum atomic E-state index is 11.7. The summed E-state index contributed by atoms with van der Waals surface area (Å²) in [6, 6.07) is 1.28. The molecule has 1 aliphatic heterocycles. The summed E-state index contributed by atoms with van der Waals surface area (Å²) in [5.74, 6) is -0.435. The molecule has 2 rings (SSSR count). The summed E-state index contributed by atoms with van der Waals surface area (Å²) in [5.41, 5.74) is 0. The Morgan fingerprint density at radius 2 is 2.24 bits per heavy atom. The third-order valence-corrected chi connectivity index (χ3v) is 3.30. The van der Waals surface area contributed by atoms with Gasteiger partial charge in [0.25, 0.3) is 0 Å². The van der Waals surface area contributed by atoms with E-state index in [0.717, 1.165) is 39.1 Å². The minimum absolute atomic E-state index is 0.00146. The first kappa shape index (κ1) is 15.4. The molecule has 0 bridgehead atoms. The minimum atomic E-state index is -0.581. The second-order valence-corrected chi connectivity index (χ2v) is 4.92. The molecule has 0 radical (unpaired) electrons. The van der Waals surface area contributed by atoms with E-state index in [1.165, 1.54) is 16.9 Å². The standard InChI is InChI=1S/C12H20N6O3/c19-12(10-17-7-2-11(15-17)18(20)21)14-3-1-6-16-8-4-13-5-9-16/h2,7,13H,1,3-6,8-10H2,(H,14,19). The molecule has 2 N–H and O–H groups in total. The third kappa shape index (κ3) is 5.12. The van der Waals surface area contributed by atoms with Crippen LogP contribution in [0.25, 0.3) is 0 Å². The first-order valence-electron chi connectivity index (χ1n) is 7.03. The number of aromatic nitrogens is 2. The molecule has 1 aliphatic rings. The van der Waals surface area contributed by atoms with Gasteiger partial charge in [0.2, 0.25) is 5.91 Å². The largest absolute Gasteiger partial charge is 0.389 e. The van der Waals surface area contributed by atoms with E-state index in [0.29, 0.717) is 6.54 Å². The Morgan fingerprint density at radius 3 is 2.90 bits per heavy atom. The molecule has 0 aliphatic carbocycles. The second kappa shape index (κ2) is 7.70. The molecule has 1 saturated heterocycles. The highest BCUT2D eigenvalue weighted by atomic mass is 16.6. The maximum Gasteiger partial charge on any atom is 0.389 e. The summed E-state index contributed by atoms with van der Waals surface area (Å²) in [4.78, 5) is 23.9. The molecule has 1 fully saturated rings. The lowest BCUT2D eigenvalue weighted by atomic mass is 10.3. The first-order valence-corrected chi connectivity index (χ1v) is 7.03. The molecule has 21 heavy (non-hydrogen) atoms. The molecule has 0 unspecified atom stereocenters. The van der Waals surface area contributed by atoms with Crippen molar-refractivity contribution < 1.29 is 9.72 Å². The van der Waals surface area contributed by atoms with Crippen molar-refractivity contribution in [1.29, 1.82) is 0 Å². The van der Waals surface area contributed by atoms with Crippen LogP contribution in [0, 0.1) is 10.1 Å². The highest BCUT2D eigenvalue weighted by Crippen LogP contribution is 2.04. The monoisotopic (exact) mass is 296 g/mol. The molecule has 9 heteroatoms. The van der Waals surface area contributed by atoms with Gasteiger partial charge in [0.05, 0.1) is 17.4 Å². The predicted molar refractivity (Wildman–Crippen MR) is 75.8 cm³/mol. The van der Waals surface area contributed by atoms with Crippen molar-refractivity contribution in [3.05, 3.63) is 22.4 Å². The van der Waals surface area contributed by atoms with Gasteiger partial charge in [0, 0.05) is 32.7 Å². The summed E-state index contributed by atoms with van der Waals surface area (Å²) in [7, 11) is 0. The number of carbonyl (C=O) groups excluding carboxylic acids is 1. The molecule has 0 spiro atoms. The highest BCUT2D eigenvalue weighted by molar-refractivity contribution is 5.75. The summed E-state index contributed by atoms with van der Waals surface area (Å²) >= 11 is 0. The van der Waals surface area contributed by atoms with Gasteiger partial charge in [0.15, 0.2) is 0 Å². The summed E-state index contributed by atoms with van der Waals surface area (Å²) in [6.07, 6.45) is 2.32. The van der Waals surface area contributed by atoms with Crippen LogP contribution >= 0.6 is 0 Å². The van der Waals surface area contributed by atoms with Crippen LogP contribution in [0.4, 0.5) is 5.82 Å². The van der Waals surface area contributed by atoms with Crippen LogP contribution in [0.15, 0.2) is 12.3 Å². The number of nitrogens with one attached hydrogen (secondary N) is 2. The van der Waals surface area contributed by atoms with Crippen LogP contribution in [0.5, 0.6) is 0 Å². The number of nitro groups is 1. The van der Waals surface area contributed by atoms with E-state index < -0.39 is 4.92 Å². The van der Waals surface area contributed by atoms with E-state index in [2.05, 4.69) is 20.6 Å². The molecule has 2 heterocycles. The summed E-state index contributed by atoms with van der Waals surface area (Å²) < 4.78 is 1.27. The molecule has 1 amide bonds. The van der Waals surface area contributed by atoms with E-state index in [-0.39, 0.29) is 18.3 Å². The van der Waals surface area contributed by atoms with Gasteiger partial charge < -0.3 is 25.6 Å². The number of amides is 1. The van der Waals surface area contributed by atoms with E-state index in [1.54, 1.807) is 0 Å². The SMILES string of the molecule is O=C(Cn1ccc([N+](=O)[O-])n1)NCCCN1CCNCC1. The highest BCUT2D eigenvalue weighted by Gasteiger charge is 2.13. The van der Waals surface area contributed by atoms with E-state index >= 15 is 0 Å². The normalized spacial score (nSPS) is 15.8. The van der Waals surface area contributed by atoms with E-state index in [9.17, 15) is 14.9 Å². The molecule has 0 saturated carbocycles. The first-order chi connectivity index (χ1) is 10.1. The zero-order valence-electron chi connectivity index (χ0n) is 11.8. The van der Waals surface area contributed by atoms with Crippen molar-refractivity contribution in [3.8, 4) is 0 Å². The quantitative estimate of drug-likeness (QED) is 0.388. The average Bonchev–Trinajstić information content (AvgIpc) is 2.93. The zero-order chi connectivity index (χ0) is 15.1. The van der Waals surface area contributed by atoms with Crippen LogP contribution < -0.4 is 10.6 Å². The Labute approximate surface area is 122 Å². The molecular formula is C12H20N6O3. The topological polar surface area (TPSA) is 105 Å². The number of rotatable bonds is 7. The van der Waals surface area contributed by atoms with Crippen LogP contribution in [0.2, 0.25) is 0 Å². The lowest BCUT2D eigenvalue weighted by Gasteiger charge is -2.27. The number of carbonyl (C=O) groups is 1. The van der Waals surface area contributed by atoms with Crippen molar-refractivity contribution in [2.24, 2.45) is 0 Å². The molecular weight excluding hydrogens is 276 g/mol. The molecule has 116 valence electrons. The number of hydrogen-bond donors (Lipinski definition) is 2. The van der Waals surface area contributed by atoms with Crippen molar-refractivity contribution >= 4 is 11.7 Å². The molecule has 1 aromatic rings. The van der Waals surface area contributed by atoms with Crippen molar-refractivity contribution in [1.82, 2.24) is 25.3 Å². The molecule has 0 atom stereocenters. The molecule has 9 nitrogen and oxygen atoms in total. The Balaban J connectivity index is 1.61. The van der Waals surface area contributed by atoms with Gasteiger partial charge in [-0.25, -0.2) is 0 Å². The van der Waals surface area contributed by atoms with Gasteiger partial charge in [-0.3, -0.25) is 4.79 Å². The fraction of sp³-hybridized carbons (Fsp3) is 0.667. The van der Waals surface area contributed by atoms with Crippen LogP contribution in [-0.4, -0.2) is 64.8 Å². The van der Waals surface area contributed by atoms with Crippen LogP contribution in [-0.2, 0) is 11.3 Å².